The fraction of sp³-hybridized carbons (Fsp3) is 0.625. The fourth-order valence-corrected chi connectivity index (χ4v) is 2.24. The topological polar surface area (TPSA) is 12.0 Å². The summed E-state index contributed by atoms with van der Waals surface area (Å²) in [6.45, 7) is 4.58. The van der Waals surface area contributed by atoms with E-state index in [4.69, 9.17) is 0 Å². The first-order valence-corrected chi connectivity index (χ1v) is 7.53. The van der Waals surface area contributed by atoms with Crippen molar-refractivity contribution in [2.24, 2.45) is 5.92 Å². The maximum Gasteiger partial charge on any atom is 0.416 e. The molecule has 0 aliphatic carbocycles. The van der Waals surface area contributed by atoms with Gasteiger partial charge in [-0.1, -0.05) is 26.7 Å². The van der Waals surface area contributed by atoms with Crippen LogP contribution in [0, 0.1) is 5.92 Å². The molecule has 0 heterocycles. The van der Waals surface area contributed by atoms with Crippen LogP contribution in [-0.4, -0.2) is 6.54 Å². The molecule has 23 heavy (non-hydrogen) atoms. The molecule has 0 radical (unpaired) electrons. The Bertz CT molecular complexity index is 460. The van der Waals surface area contributed by atoms with Crippen molar-refractivity contribution in [2.75, 3.05) is 6.54 Å². The van der Waals surface area contributed by atoms with Crippen molar-refractivity contribution in [3.05, 3.63) is 34.9 Å². The molecule has 0 spiro atoms. The van der Waals surface area contributed by atoms with Gasteiger partial charge in [-0.15, -0.1) is 0 Å². The molecule has 0 amide bonds. The van der Waals surface area contributed by atoms with Crippen LogP contribution in [0.3, 0.4) is 0 Å². The zero-order valence-electron chi connectivity index (χ0n) is 13.1. The highest BCUT2D eigenvalue weighted by atomic mass is 19.4. The van der Waals surface area contributed by atoms with E-state index < -0.39 is 23.5 Å². The standard InChI is InChI=1S/C16H21F6N/c1-3-4-5-11(2)9-23-10-12-6-13(15(17,18)19)8-14(7-12)16(20,21)22/h6-8,11,23H,3-5,9-10H2,1-2H3/t11-/m0/s1. The zero-order valence-corrected chi connectivity index (χ0v) is 13.1. The number of nitrogens with one attached hydrogen (secondary N) is 1. The van der Waals surface area contributed by atoms with Crippen LogP contribution in [0.25, 0.3) is 0 Å². The third-order valence-electron chi connectivity index (χ3n) is 3.52. The summed E-state index contributed by atoms with van der Waals surface area (Å²) in [7, 11) is 0. The summed E-state index contributed by atoms with van der Waals surface area (Å²) in [5.41, 5.74) is -2.57. The molecular weight excluding hydrogens is 320 g/mol. The van der Waals surface area contributed by atoms with E-state index in [1.807, 2.05) is 6.92 Å². The summed E-state index contributed by atoms with van der Waals surface area (Å²) in [6, 6.07) is 1.67. The quantitative estimate of drug-likeness (QED) is 0.633. The molecule has 132 valence electrons. The van der Waals surface area contributed by atoms with Crippen LogP contribution in [0.4, 0.5) is 26.3 Å². The zero-order chi connectivity index (χ0) is 17.7. The number of halogens is 6. The summed E-state index contributed by atoms with van der Waals surface area (Å²) in [5, 5.41) is 2.93. The van der Waals surface area contributed by atoms with Gasteiger partial charge in [0.05, 0.1) is 11.1 Å². The van der Waals surface area contributed by atoms with Crippen molar-refractivity contribution in [3.63, 3.8) is 0 Å². The van der Waals surface area contributed by atoms with Gasteiger partial charge in [-0.3, -0.25) is 0 Å². The lowest BCUT2D eigenvalue weighted by molar-refractivity contribution is -0.143. The molecule has 0 aliphatic heterocycles. The number of unbranched alkanes of at least 4 members (excludes halogenated alkanes) is 1. The SMILES string of the molecule is CCCC[C@H](C)CNCc1cc(C(F)(F)F)cc(C(F)(F)F)c1. The molecule has 1 atom stereocenters. The molecule has 1 rings (SSSR count). The predicted molar refractivity (Wildman–Crippen MR) is 76.8 cm³/mol. The lowest BCUT2D eigenvalue weighted by Crippen LogP contribution is -2.21. The van der Waals surface area contributed by atoms with Crippen LogP contribution in [-0.2, 0) is 18.9 Å². The Morgan fingerprint density at radius 2 is 1.48 bits per heavy atom. The van der Waals surface area contributed by atoms with Gasteiger partial charge in [0.1, 0.15) is 0 Å². The second-order valence-electron chi connectivity index (χ2n) is 5.79. The number of alkyl halides is 6. The molecule has 7 heteroatoms. The van der Waals surface area contributed by atoms with Crippen LogP contribution in [0.2, 0.25) is 0 Å². The van der Waals surface area contributed by atoms with Gasteiger partial charge >= 0.3 is 12.4 Å². The van der Waals surface area contributed by atoms with Gasteiger partial charge < -0.3 is 5.32 Å². The van der Waals surface area contributed by atoms with Crippen LogP contribution >= 0.6 is 0 Å². The number of hydrogen-bond acceptors (Lipinski definition) is 1. The van der Waals surface area contributed by atoms with Gasteiger partial charge in [-0.2, -0.15) is 26.3 Å². The van der Waals surface area contributed by atoms with Crippen molar-refractivity contribution in [1.82, 2.24) is 5.32 Å². The molecule has 1 nitrogen and oxygen atoms in total. The smallest absolute Gasteiger partial charge is 0.312 e. The van der Waals surface area contributed by atoms with Crippen LogP contribution in [0.15, 0.2) is 18.2 Å². The maximum atomic E-state index is 12.7. The number of hydrogen-bond donors (Lipinski definition) is 1. The van der Waals surface area contributed by atoms with E-state index in [0.29, 0.717) is 12.5 Å². The lowest BCUT2D eigenvalue weighted by atomic mass is 10.0. The fourth-order valence-electron chi connectivity index (χ4n) is 2.24. The van der Waals surface area contributed by atoms with Crippen molar-refractivity contribution in [2.45, 2.75) is 52.0 Å². The minimum Gasteiger partial charge on any atom is -0.312 e. The Hall–Kier alpha value is -1.24. The maximum absolute atomic E-state index is 12.7. The Labute approximate surface area is 132 Å². The first-order valence-electron chi connectivity index (χ1n) is 7.53. The second-order valence-corrected chi connectivity index (χ2v) is 5.79. The second kappa shape index (κ2) is 8.04. The van der Waals surface area contributed by atoms with Gasteiger partial charge in [-0.25, -0.2) is 0 Å². The van der Waals surface area contributed by atoms with Gasteiger partial charge in [-0.05, 0) is 42.6 Å². The lowest BCUT2D eigenvalue weighted by Gasteiger charge is -2.16. The van der Waals surface area contributed by atoms with E-state index >= 15 is 0 Å². The van der Waals surface area contributed by atoms with Crippen molar-refractivity contribution in [1.29, 1.82) is 0 Å². The van der Waals surface area contributed by atoms with E-state index in [0.717, 1.165) is 31.4 Å². The molecule has 0 fully saturated rings. The molecule has 0 saturated heterocycles. The summed E-state index contributed by atoms with van der Waals surface area (Å²) in [5.74, 6) is 0.322. The summed E-state index contributed by atoms with van der Waals surface area (Å²) >= 11 is 0. The van der Waals surface area contributed by atoms with E-state index in [1.165, 1.54) is 0 Å². The first kappa shape index (κ1) is 19.8. The molecule has 1 N–H and O–H groups in total. The average Bonchev–Trinajstić information content (AvgIpc) is 2.43. The molecule has 0 unspecified atom stereocenters. The molecule has 0 saturated carbocycles. The van der Waals surface area contributed by atoms with Gasteiger partial charge in [0, 0.05) is 6.54 Å². The van der Waals surface area contributed by atoms with E-state index in [1.54, 1.807) is 0 Å². The first-order chi connectivity index (χ1) is 10.5. The molecule has 0 bridgehead atoms. The Kier molecular flexibility index (Phi) is 6.92. The highest BCUT2D eigenvalue weighted by molar-refractivity contribution is 5.33. The molecule has 1 aromatic carbocycles. The largest absolute Gasteiger partial charge is 0.416 e. The van der Waals surface area contributed by atoms with Crippen molar-refractivity contribution >= 4 is 0 Å². The Morgan fingerprint density at radius 3 is 1.91 bits per heavy atom. The molecule has 0 aliphatic rings. The average molecular weight is 341 g/mol. The summed E-state index contributed by atoms with van der Waals surface area (Å²) in [6.07, 6.45) is -6.54. The number of benzene rings is 1. The highest BCUT2D eigenvalue weighted by Gasteiger charge is 2.36. The van der Waals surface area contributed by atoms with Gasteiger partial charge in [0.15, 0.2) is 0 Å². The van der Waals surface area contributed by atoms with Gasteiger partial charge in [0.25, 0.3) is 0 Å². The van der Waals surface area contributed by atoms with Crippen molar-refractivity contribution < 1.29 is 26.3 Å². The van der Waals surface area contributed by atoms with E-state index in [-0.39, 0.29) is 18.2 Å². The van der Waals surface area contributed by atoms with E-state index in [9.17, 15) is 26.3 Å². The Morgan fingerprint density at radius 1 is 0.957 bits per heavy atom. The van der Waals surface area contributed by atoms with Crippen LogP contribution in [0.5, 0.6) is 0 Å². The molecule has 0 aromatic heterocycles. The van der Waals surface area contributed by atoms with E-state index in [2.05, 4.69) is 12.2 Å². The highest BCUT2D eigenvalue weighted by Crippen LogP contribution is 2.36. The van der Waals surface area contributed by atoms with Crippen LogP contribution in [0.1, 0.15) is 49.8 Å². The normalized spacial score (nSPS) is 14.1. The minimum atomic E-state index is -4.80. The van der Waals surface area contributed by atoms with Crippen molar-refractivity contribution in [3.8, 4) is 0 Å². The third kappa shape index (κ3) is 6.81. The van der Waals surface area contributed by atoms with Gasteiger partial charge in [0.2, 0.25) is 0 Å². The molecular formula is C16H21F6N. The minimum absolute atomic E-state index is 0.0187. The molecule has 1 aromatic rings. The van der Waals surface area contributed by atoms with Crippen LogP contribution < -0.4 is 5.32 Å². The third-order valence-corrected chi connectivity index (χ3v) is 3.52. The Balaban J connectivity index is 2.81. The number of rotatable bonds is 7. The summed E-state index contributed by atoms with van der Waals surface area (Å²) < 4.78 is 76.4. The predicted octanol–water partition coefficient (Wildman–Crippen LogP) is 5.64. The monoisotopic (exact) mass is 341 g/mol. The summed E-state index contributed by atoms with van der Waals surface area (Å²) in [4.78, 5) is 0.